The van der Waals surface area contributed by atoms with Gasteiger partial charge < -0.3 is 4.74 Å². The van der Waals surface area contributed by atoms with Gasteiger partial charge in [-0.05, 0) is 42.7 Å². The number of aromatic nitrogens is 2. The highest BCUT2D eigenvalue weighted by Gasteiger charge is 2.22. The number of hydrogen-bond donors (Lipinski definition) is 0. The lowest BCUT2D eigenvalue weighted by molar-refractivity contribution is 0.371. The molecule has 1 aliphatic carbocycles. The van der Waals surface area contributed by atoms with Crippen molar-refractivity contribution in [1.82, 2.24) is 9.66 Å². The number of hydrogen-bond acceptors (Lipinski definition) is 4. The summed E-state index contributed by atoms with van der Waals surface area (Å²) >= 11 is 12.6. The minimum Gasteiger partial charge on any atom is -0.478 e. The van der Waals surface area contributed by atoms with Gasteiger partial charge in [0.2, 0.25) is 0 Å². The van der Waals surface area contributed by atoms with Crippen LogP contribution in [0.5, 0.6) is 5.75 Å². The number of terminal acetylenes is 1. The van der Waals surface area contributed by atoms with E-state index in [4.69, 9.17) is 39.3 Å². The molecule has 1 aromatic heterocycles. The van der Waals surface area contributed by atoms with Crippen molar-refractivity contribution < 1.29 is 4.74 Å². The summed E-state index contributed by atoms with van der Waals surface area (Å²) in [4.78, 5) is 18.1. The van der Waals surface area contributed by atoms with E-state index in [1.54, 1.807) is 24.4 Å². The second-order valence-electron chi connectivity index (χ2n) is 7.49. The van der Waals surface area contributed by atoms with Gasteiger partial charge in [0.15, 0.2) is 5.75 Å². The summed E-state index contributed by atoms with van der Waals surface area (Å²) in [6.07, 6.45) is 12.3. The zero-order valence-corrected chi connectivity index (χ0v) is 18.4. The van der Waals surface area contributed by atoms with E-state index in [2.05, 4.69) is 11.0 Å². The van der Waals surface area contributed by atoms with Crippen LogP contribution < -0.4 is 10.3 Å². The molecule has 0 spiro atoms. The van der Waals surface area contributed by atoms with E-state index in [1.807, 2.05) is 18.2 Å². The van der Waals surface area contributed by atoms with Crippen LogP contribution in [0.3, 0.4) is 0 Å². The summed E-state index contributed by atoms with van der Waals surface area (Å²) < 4.78 is 6.81. The molecule has 0 aliphatic heterocycles. The molecule has 1 saturated carbocycles. The van der Waals surface area contributed by atoms with Gasteiger partial charge in [-0.25, -0.2) is 4.98 Å². The minimum absolute atomic E-state index is 0.0653. The maximum Gasteiger partial charge on any atom is 0.282 e. The standard InChI is InChI=1S/C24H21Cl2N3O2/c1-2-12-31-22-19(25)13-16(14-20(22)26)15-27-29-23(17-8-4-3-5-9-17)28-21-11-7-6-10-18(21)24(29)30/h1,6-7,10-11,13-15,17H,3-5,8-9,12H2. The van der Waals surface area contributed by atoms with Crippen molar-refractivity contribution in [2.24, 2.45) is 5.10 Å². The third kappa shape index (κ3) is 4.61. The number of rotatable bonds is 5. The average molecular weight is 454 g/mol. The lowest BCUT2D eigenvalue weighted by Crippen LogP contribution is -2.25. The summed E-state index contributed by atoms with van der Waals surface area (Å²) in [6.45, 7) is 0.0653. The van der Waals surface area contributed by atoms with E-state index in [0.29, 0.717) is 38.1 Å². The molecule has 3 aromatic rings. The Balaban J connectivity index is 1.77. The Hall–Kier alpha value is -2.81. The summed E-state index contributed by atoms with van der Waals surface area (Å²) in [5, 5.41) is 5.68. The van der Waals surface area contributed by atoms with Gasteiger partial charge >= 0.3 is 0 Å². The number of fused-ring (bicyclic) bond motifs is 1. The van der Waals surface area contributed by atoms with E-state index in [9.17, 15) is 4.79 Å². The molecule has 0 radical (unpaired) electrons. The zero-order valence-electron chi connectivity index (χ0n) is 16.9. The SMILES string of the molecule is C#CCOc1c(Cl)cc(C=Nn2c(C3CCCCC3)nc3ccccc3c2=O)cc1Cl. The van der Waals surface area contributed by atoms with Gasteiger partial charge in [-0.1, -0.05) is 60.5 Å². The summed E-state index contributed by atoms with van der Waals surface area (Å²) in [5.74, 6) is 3.61. The Labute approximate surface area is 190 Å². The Kier molecular flexibility index (Phi) is 6.60. The van der Waals surface area contributed by atoms with Crippen molar-refractivity contribution in [3.05, 3.63) is 68.2 Å². The van der Waals surface area contributed by atoms with Crippen molar-refractivity contribution in [3.8, 4) is 18.1 Å². The van der Waals surface area contributed by atoms with Crippen LogP contribution in [0.2, 0.25) is 10.0 Å². The van der Waals surface area contributed by atoms with Gasteiger partial charge in [0.05, 0.1) is 27.2 Å². The summed E-state index contributed by atoms with van der Waals surface area (Å²) in [6, 6.07) is 10.7. The van der Waals surface area contributed by atoms with Crippen LogP contribution in [0.25, 0.3) is 10.9 Å². The molecule has 0 bridgehead atoms. The first kappa shape index (κ1) is 21.4. The van der Waals surface area contributed by atoms with E-state index >= 15 is 0 Å². The topological polar surface area (TPSA) is 56.5 Å². The van der Waals surface area contributed by atoms with Crippen molar-refractivity contribution in [3.63, 3.8) is 0 Å². The predicted octanol–water partition coefficient (Wildman–Crippen LogP) is 5.65. The highest BCUT2D eigenvalue weighted by molar-refractivity contribution is 6.37. The van der Waals surface area contributed by atoms with Crippen LogP contribution in [-0.4, -0.2) is 22.5 Å². The number of ether oxygens (including phenoxy) is 1. The average Bonchev–Trinajstić information content (AvgIpc) is 2.78. The van der Waals surface area contributed by atoms with Crippen molar-refractivity contribution in [2.75, 3.05) is 6.61 Å². The van der Waals surface area contributed by atoms with Gasteiger partial charge in [-0.2, -0.15) is 9.78 Å². The quantitative estimate of drug-likeness (QED) is 0.370. The number of para-hydroxylation sites is 1. The molecule has 7 heteroatoms. The first-order chi connectivity index (χ1) is 15.1. The fourth-order valence-corrected chi connectivity index (χ4v) is 4.52. The molecule has 1 fully saturated rings. The lowest BCUT2D eigenvalue weighted by Gasteiger charge is -2.22. The Morgan fingerprint density at radius 1 is 1.19 bits per heavy atom. The Morgan fingerprint density at radius 2 is 1.90 bits per heavy atom. The molecule has 2 aromatic carbocycles. The molecule has 31 heavy (non-hydrogen) atoms. The third-order valence-corrected chi connectivity index (χ3v) is 5.95. The van der Waals surface area contributed by atoms with Crippen molar-refractivity contribution >= 4 is 40.3 Å². The molecular weight excluding hydrogens is 433 g/mol. The normalized spacial score (nSPS) is 14.7. The van der Waals surface area contributed by atoms with Gasteiger partial charge in [-0.15, -0.1) is 6.42 Å². The number of benzene rings is 2. The van der Waals surface area contributed by atoms with Crippen LogP contribution >= 0.6 is 23.2 Å². The molecule has 1 heterocycles. The molecule has 158 valence electrons. The molecule has 4 rings (SSSR count). The van der Waals surface area contributed by atoms with Crippen LogP contribution in [0.1, 0.15) is 49.4 Å². The van der Waals surface area contributed by atoms with E-state index in [0.717, 1.165) is 25.7 Å². The molecule has 0 unspecified atom stereocenters. The minimum atomic E-state index is -0.186. The molecule has 1 aliphatic rings. The van der Waals surface area contributed by atoms with E-state index in [-0.39, 0.29) is 18.1 Å². The summed E-state index contributed by atoms with van der Waals surface area (Å²) in [7, 11) is 0. The van der Waals surface area contributed by atoms with Gasteiger partial charge in [0.25, 0.3) is 5.56 Å². The largest absolute Gasteiger partial charge is 0.478 e. The third-order valence-electron chi connectivity index (χ3n) is 5.39. The molecule has 0 amide bonds. The molecular formula is C24H21Cl2N3O2. The van der Waals surface area contributed by atoms with Crippen LogP contribution in [0.15, 0.2) is 46.3 Å². The second kappa shape index (κ2) is 9.55. The van der Waals surface area contributed by atoms with E-state index in [1.165, 1.54) is 11.1 Å². The molecule has 0 N–H and O–H groups in total. The monoisotopic (exact) mass is 453 g/mol. The highest BCUT2D eigenvalue weighted by Crippen LogP contribution is 2.34. The van der Waals surface area contributed by atoms with Crippen LogP contribution in [0.4, 0.5) is 0 Å². The number of nitrogens with zero attached hydrogens (tertiary/aromatic N) is 3. The maximum absolute atomic E-state index is 13.2. The van der Waals surface area contributed by atoms with Gasteiger partial charge in [-0.3, -0.25) is 4.79 Å². The maximum atomic E-state index is 13.2. The Bertz CT molecular complexity index is 1210. The van der Waals surface area contributed by atoms with Crippen LogP contribution in [0, 0.1) is 12.3 Å². The lowest BCUT2D eigenvalue weighted by atomic mass is 9.88. The van der Waals surface area contributed by atoms with Crippen LogP contribution in [-0.2, 0) is 0 Å². The first-order valence-electron chi connectivity index (χ1n) is 10.2. The van der Waals surface area contributed by atoms with Gasteiger partial charge in [0.1, 0.15) is 12.4 Å². The van der Waals surface area contributed by atoms with Crippen molar-refractivity contribution in [2.45, 2.75) is 38.0 Å². The van der Waals surface area contributed by atoms with Gasteiger partial charge in [0, 0.05) is 5.92 Å². The Morgan fingerprint density at radius 3 is 2.61 bits per heavy atom. The fraction of sp³-hybridized carbons (Fsp3) is 0.292. The molecule has 5 nitrogen and oxygen atoms in total. The zero-order chi connectivity index (χ0) is 21.8. The molecule has 0 atom stereocenters. The number of halogens is 2. The second-order valence-corrected chi connectivity index (χ2v) is 8.30. The fourth-order valence-electron chi connectivity index (χ4n) is 3.91. The van der Waals surface area contributed by atoms with E-state index < -0.39 is 0 Å². The predicted molar refractivity (Wildman–Crippen MR) is 126 cm³/mol. The first-order valence-corrected chi connectivity index (χ1v) is 11.0. The summed E-state index contributed by atoms with van der Waals surface area (Å²) in [5.41, 5.74) is 1.15. The highest BCUT2D eigenvalue weighted by atomic mass is 35.5. The molecule has 0 saturated heterocycles. The van der Waals surface area contributed by atoms with Crippen molar-refractivity contribution in [1.29, 1.82) is 0 Å². The smallest absolute Gasteiger partial charge is 0.282 e.